The highest BCUT2D eigenvalue weighted by Crippen LogP contribution is 2.24. The first-order valence-electron chi connectivity index (χ1n) is 9.36. The van der Waals surface area contributed by atoms with Crippen LogP contribution in [0.15, 0.2) is 58.9 Å². The number of aliphatic hydroxyl groups is 1. The molecule has 3 rings (SSSR count). The van der Waals surface area contributed by atoms with Gasteiger partial charge in [-0.05, 0) is 43.0 Å². The first-order valence-corrected chi connectivity index (χ1v) is 10.2. The van der Waals surface area contributed by atoms with Gasteiger partial charge in [0.05, 0.1) is 13.1 Å². The first-order chi connectivity index (χ1) is 13.1. The van der Waals surface area contributed by atoms with Crippen LogP contribution in [0.5, 0.6) is 0 Å². The third-order valence-electron chi connectivity index (χ3n) is 4.54. The van der Waals surface area contributed by atoms with Crippen molar-refractivity contribution in [1.29, 1.82) is 0 Å². The van der Waals surface area contributed by atoms with Crippen LogP contribution >= 0.6 is 35.3 Å². The highest BCUT2D eigenvalue weighted by Gasteiger charge is 2.24. The number of halogens is 1. The van der Waals surface area contributed by atoms with Crippen LogP contribution in [-0.4, -0.2) is 37.2 Å². The third-order valence-corrected chi connectivity index (χ3v) is 5.66. The van der Waals surface area contributed by atoms with E-state index in [4.69, 9.17) is 0 Å². The van der Waals surface area contributed by atoms with Gasteiger partial charge in [-0.15, -0.1) is 35.3 Å². The molecule has 0 radical (unpaired) electrons. The maximum absolute atomic E-state index is 10.7. The quantitative estimate of drug-likeness (QED) is 0.229. The summed E-state index contributed by atoms with van der Waals surface area (Å²) in [5.41, 5.74) is 1.48. The normalized spacial score (nSPS) is 15.8. The van der Waals surface area contributed by atoms with Gasteiger partial charge in [-0.1, -0.05) is 30.4 Å². The number of thiophene rings is 1. The van der Waals surface area contributed by atoms with Crippen molar-refractivity contribution in [2.24, 2.45) is 4.99 Å². The summed E-state index contributed by atoms with van der Waals surface area (Å²) in [6, 6.07) is 12.5. The standard InChI is InChI=1S/C21H28N4OS.HI/c1-3-22-20(24-16-21(2,26)19-7-6-14-27-19)23-15-17-8-10-18(11-9-17)25-12-4-5-13-25;/h4-11,14,26H,3,12-13,15-16H2,1-2H3,(H2,22,23,24);1H. The van der Waals surface area contributed by atoms with Crippen molar-refractivity contribution < 1.29 is 5.11 Å². The highest BCUT2D eigenvalue weighted by molar-refractivity contribution is 14.0. The molecule has 1 aromatic carbocycles. The van der Waals surface area contributed by atoms with Gasteiger partial charge in [-0.3, -0.25) is 0 Å². The fourth-order valence-electron chi connectivity index (χ4n) is 2.94. The SMILES string of the molecule is CCNC(=NCc1ccc(N2CC=CC2)cc1)NCC(C)(O)c1cccs1.I. The Morgan fingerprint density at radius 1 is 1.18 bits per heavy atom. The Balaban J connectivity index is 0.00000280. The Labute approximate surface area is 188 Å². The zero-order valence-electron chi connectivity index (χ0n) is 16.4. The molecule has 1 aliphatic heterocycles. The van der Waals surface area contributed by atoms with Crippen molar-refractivity contribution in [1.82, 2.24) is 10.6 Å². The molecule has 0 fully saturated rings. The summed E-state index contributed by atoms with van der Waals surface area (Å²) >= 11 is 1.56. The number of aliphatic imine (C=N–C) groups is 1. The molecule has 0 saturated carbocycles. The summed E-state index contributed by atoms with van der Waals surface area (Å²) in [6.07, 6.45) is 4.38. The van der Waals surface area contributed by atoms with Gasteiger partial charge in [-0.25, -0.2) is 4.99 Å². The number of guanidine groups is 1. The molecule has 28 heavy (non-hydrogen) atoms. The van der Waals surface area contributed by atoms with Gasteiger partial charge in [0.25, 0.3) is 0 Å². The lowest BCUT2D eigenvalue weighted by molar-refractivity contribution is 0.0655. The van der Waals surface area contributed by atoms with Crippen molar-refractivity contribution in [3.63, 3.8) is 0 Å². The Kier molecular flexibility index (Phi) is 8.78. The van der Waals surface area contributed by atoms with Crippen LogP contribution in [0.3, 0.4) is 0 Å². The lowest BCUT2D eigenvalue weighted by Gasteiger charge is -2.23. The summed E-state index contributed by atoms with van der Waals surface area (Å²) in [5, 5.41) is 19.1. The third kappa shape index (κ3) is 6.22. The van der Waals surface area contributed by atoms with E-state index in [1.807, 2.05) is 31.4 Å². The molecular weight excluding hydrogens is 483 g/mol. The lowest BCUT2D eigenvalue weighted by atomic mass is 10.1. The zero-order valence-corrected chi connectivity index (χ0v) is 19.5. The van der Waals surface area contributed by atoms with Gasteiger partial charge in [-0.2, -0.15) is 0 Å². The van der Waals surface area contributed by atoms with Crippen LogP contribution in [-0.2, 0) is 12.1 Å². The predicted octanol–water partition coefficient (Wildman–Crippen LogP) is 3.71. The molecule has 7 heteroatoms. The smallest absolute Gasteiger partial charge is 0.191 e. The van der Waals surface area contributed by atoms with Gasteiger partial charge in [0.1, 0.15) is 5.60 Å². The van der Waals surface area contributed by atoms with Gasteiger partial charge in [0, 0.05) is 30.2 Å². The number of nitrogens with one attached hydrogen (secondary N) is 2. The number of rotatable bonds is 7. The minimum absolute atomic E-state index is 0. The molecule has 5 nitrogen and oxygen atoms in total. The van der Waals surface area contributed by atoms with E-state index >= 15 is 0 Å². The van der Waals surface area contributed by atoms with Crippen molar-refractivity contribution in [2.75, 3.05) is 31.1 Å². The highest BCUT2D eigenvalue weighted by atomic mass is 127. The second kappa shape index (κ2) is 10.8. The van der Waals surface area contributed by atoms with Crippen molar-refractivity contribution >= 4 is 47.0 Å². The van der Waals surface area contributed by atoms with E-state index in [0.717, 1.165) is 30.1 Å². The molecule has 152 valence electrons. The summed E-state index contributed by atoms with van der Waals surface area (Å²) in [7, 11) is 0. The molecule has 1 unspecified atom stereocenters. The molecular formula is C21H29IN4OS. The second-order valence-electron chi connectivity index (χ2n) is 6.84. The first kappa shape index (κ1) is 22.7. The van der Waals surface area contributed by atoms with Gasteiger partial charge < -0.3 is 20.6 Å². The fraction of sp³-hybridized carbons (Fsp3) is 0.381. The van der Waals surface area contributed by atoms with E-state index in [1.165, 1.54) is 5.69 Å². The molecule has 1 aliphatic rings. The van der Waals surface area contributed by atoms with Crippen molar-refractivity contribution in [2.45, 2.75) is 26.0 Å². The molecule has 2 heterocycles. The van der Waals surface area contributed by atoms with E-state index in [1.54, 1.807) is 11.3 Å². The minimum Gasteiger partial charge on any atom is -0.383 e. The topological polar surface area (TPSA) is 59.9 Å². The van der Waals surface area contributed by atoms with Crippen LogP contribution in [0, 0.1) is 0 Å². The lowest BCUT2D eigenvalue weighted by Crippen LogP contribution is -2.44. The Bertz CT molecular complexity index is 764. The zero-order chi connectivity index (χ0) is 19.1. The average Bonchev–Trinajstić information content (AvgIpc) is 3.39. The average molecular weight is 512 g/mol. The molecule has 0 saturated heterocycles. The summed E-state index contributed by atoms with van der Waals surface area (Å²) < 4.78 is 0. The largest absolute Gasteiger partial charge is 0.383 e. The molecule has 3 N–H and O–H groups in total. The molecule has 1 atom stereocenters. The fourth-order valence-corrected chi connectivity index (χ4v) is 3.73. The van der Waals surface area contributed by atoms with E-state index in [0.29, 0.717) is 19.0 Å². The van der Waals surface area contributed by atoms with Crippen LogP contribution in [0.1, 0.15) is 24.3 Å². The van der Waals surface area contributed by atoms with E-state index in [-0.39, 0.29) is 24.0 Å². The monoisotopic (exact) mass is 512 g/mol. The van der Waals surface area contributed by atoms with Crippen LogP contribution in [0.4, 0.5) is 5.69 Å². The van der Waals surface area contributed by atoms with E-state index < -0.39 is 5.60 Å². The number of anilines is 1. The van der Waals surface area contributed by atoms with Crippen LogP contribution in [0.2, 0.25) is 0 Å². The second-order valence-corrected chi connectivity index (χ2v) is 7.79. The maximum Gasteiger partial charge on any atom is 0.191 e. The van der Waals surface area contributed by atoms with Gasteiger partial charge in [0.2, 0.25) is 0 Å². The van der Waals surface area contributed by atoms with Crippen molar-refractivity contribution in [3.8, 4) is 0 Å². The van der Waals surface area contributed by atoms with Crippen LogP contribution < -0.4 is 15.5 Å². The predicted molar refractivity (Wildman–Crippen MR) is 130 cm³/mol. The van der Waals surface area contributed by atoms with Gasteiger partial charge in [0.15, 0.2) is 5.96 Å². The van der Waals surface area contributed by atoms with Crippen molar-refractivity contribution in [3.05, 3.63) is 64.4 Å². The molecule has 1 aromatic heterocycles. The Morgan fingerprint density at radius 3 is 2.50 bits per heavy atom. The summed E-state index contributed by atoms with van der Waals surface area (Å²) in [4.78, 5) is 7.92. The molecule has 2 aromatic rings. The maximum atomic E-state index is 10.7. The number of benzene rings is 1. The minimum atomic E-state index is -0.921. The van der Waals surface area contributed by atoms with E-state index in [2.05, 4.69) is 56.9 Å². The Hall–Kier alpha value is -1.58. The van der Waals surface area contributed by atoms with E-state index in [9.17, 15) is 5.11 Å². The number of nitrogens with zero attached hydrogens (tertiary/aromatic N) is 2. The molecule has 0 bridgehead atoms. The summed E-state index contributed by atoms with van der Waals surface area (Å²) in [5.74, 6) is 0.710. The molecule has 0 amide bonds. The number of hydrogen-bond acceptors (Lipinski definition) is 4. The van der Waals surface area contributed by atoms with Gasteiger partial charge >= 0.3 is 0 Å². The molecule has 0 spiro atoms. The Morgan fingerprint density at radius 2 is 1.89 bits per heavy atom. The summed E-state index contributed by atoms with van der Waals surface area (Å²) in [6.45, 7) is 7.59. The number of hydrogen-bond donors (Lipinski definition) is 3. The molecule has 0 aliphatic carbocycles. The van der Waals surface area contributed by atoms with Crippen LogP contribution in [0.25, 0.3) is 0 Å².